The zero-order valence-corrected chi connectivity index (χ0v) is 14.6. The van der Waals surface area contributed by atoms with E-state index in [1.807, 2.05) is 0 Å². The fourth-order valence-electron chi connectivity index (χ4n) is 2.09. The van der Waals surface area contributed by atoms with Gasteiger partial charge in [0.25, 0.3) is 0 Å². The summed E-state index contributed by atoms with van der Waals surface area (Å²) in [4.78, 5) is 36.0. The minimum absolute atomic E-state index is 0.230. The average molecular weight is 330 g/mol. The minimum Gasteiger partial charge on any atom is -0.444 e. The normalized spacial score (nSPS) is 12.4. The maximum absolute atomic E-state index is 11.6. The molecule has 0 aromatic rings. The Balaban J connectivity index is 4.22. The number of nitrogens with two attached hydrogens (primary N) is 2. The number of hydrogen-bond acceptors (Lipinski definition) is 5. The van der Waals surface area contributed by atoms with Crippen molar-refractivity contribution in [1.82, 2.24) is 10.2 Å². The molecule has 0 fully saturated rings. The Morgan fingerprint density at radius 1 is 1.22 bits per heavy atom. The van der Waals surface area contributed by atoms with E-state index in [9.17, 15) is 14.4 Å². The van der Waals surface area contributed by atoms with E-state index < -0.39 is 23.6 Å². The highest BCUT2D eigenvalue weighted by molar-refractivity contribution is 5.85. The molecule has 0 unspecified atom stereocenters. The Bertz CT molecular complexity index is 407. The lowest BCUT2D eigenvalue weighted by Crippen LogP contribution is -2.49. The van der Waals surface area contributed by atoms with Crippen molar-refractivity contribution < 1.29 is 19.1 Å². The predicted molar refractivity (Wildman–Crippen MR) is 87.5 cm³/mol. The number of nitrogens with zero attached hydrogens (tertiary/aromatic N) is 1. The van der Waals surface area contributed by atoms with Crippen LogP contribution in [0.2, 0.25) is 0 Å². The second-order valence-corrected chi connectivity index (χ2v) is 6.34. The van der Waals surface area contributed by atoms with Gasteiger partial charge in [0.2, 0.25) is 11.8 Å². The third-order valence-electron chi connectivity index (χ3n) is 3.05. The minimum atomic E-state index is -0.669. The van der Waals surface area contributed by atoms with E-state index >= 15 is 0 Å². The first kappa shape index (κ1) is 21.2. The lowest BCUT2D eigenvalue weighted by atomic mass is 10.1. The molecule has 8 heteroatoms. The first-order valence-electron chi connectivity index (χ1n) is 7.82. The zero-order valence-electron chi connectivity index (χ0n) is 14.6. The van der Waals surface area contributed by atoms with Crippen molar-refractivity contribution in [2.24, 2.45) is 11.5 Å². The van der Waals surface area contributed by atoms with Gasteiger partial charge in [-0.1, -0.05) is 0 Å². The maximum atomic E-state index is 11.6. The maximum Gasteiger partial charge on any atom is 0.407 e. The molecule has 0 saturated carbocycles. The Labute approximate surface area is 137 Å². The second-order valence-electron chi connectivity index (χ2n) is 6.34. The van der Waals surface area contributed by atoms with Gasteiger partial charge in [0.05, 0.1) is 0 Å². The molecule has 134 valence electrons. The van der Waals surface area contributed by atoms with Crippen LogP contribution in [0.1, 0.15) is 47.0 Å². The van der Waals surface area contributed by atoms with Crippen LogP contribution in [0, 0.1) is 0 Å². The highest BCUT2D eigenvalue weighted by atomic mass is 16.6. The molecule has 0 aromatic heterocycles. The number of unbranched alkanes of at least 4 members (excludes halogenated alkanes) is 1. The molecule has 8 nitrogen and oxygen atoms in total. The van der Waals surface area contributed by atoms with Crippen molar-refractivity contribution >= 4 is 17.9 Å². The van der Waals surface area contributed by atoms with Gasteiger partial charge in [-0.25, -0.2) is 4.79 Å². The number of alkyl carbamates (subject to hydrolysis) is 1. The van der Waals surface area contributed by atoms with Crippen LogP contribution >= 0.6 is 0 Å². The molecule has 0 radical (unpaired) electrons. The van der Waals surface area contributed by atoms with E-state index in [0.717, 1.165) is 0 Å². The lowest BCUT2D eigenvalue weighted by Gasteiger charge is -2.28. The highest BCUT2D eigenvalue weighted by Gasteiger charge is 2.25. The SMILES string of the molecule is CC(=O)N(CCN)[C@@H](CCCCNC(=O)OC(C)(C)C)C(N)=O. The van der Waals surface area contributed by atoms with E-state index in [1.54, 1.807) is 20.8 Å². The molecule has 0 spiro atoms. The monoisotopic (exact) mass is 330 g/mol. The van der Waals surface area contributed by atoms with Crippen molar-refractivity contribution in [2.75, 3.05) is 19.6 Å². The number of carbonyl (C=O) groups is 3. The van der Waals surface area contributed by atoms with Crippen LogP contribution in [-0.4, -0.2) is 54.1 Å². The first-order chi connectivity index (χ1) is 10.6. The molecule has 23 heavy (non-hydrogen) atoms. The number of carbonyl (C=O) groups excluding carboxylic acids is 3. The van der Waals surface area contributed by atoms with Crippen LogP contribution in [0.25, 0.3) is 0 Å². The van der Waals surface area contributed by atoms with Gasteiger partial charge in [-0.05, 0) is 40.0 Å². The van der Waals surface area contributed by atoms with Gasteiger partial charge in [0.1, 0.15) is 11.6 Å². The predicted octanol–water partition coefficient (Wildman–Crippen LogP) is 0.343. The van der Waals surface area contributed by atoms with Crippen LogP contribution in [0.4, 0.5) is 4.79 Å². The zero-order chi connectivity index (χ0) is 18.0. The fraction of sp³-hybridized carbons (Fsp3) is 0.800. The fourth-order valence-corrected chi connectivity index (χ4v) is 2.09. The molecule has 5 N–H and O–H groups in total. The van der Waals surface area contributed by atoms with Crippen LogP contribution in [0.15, 0.2) is 0 Å². The Morgan fingerprint density at radius 2 is 1.83 bits per heavy atom. The number of hydrogen-bond donors (Lipinski definition) is 3. The van der Waals surface area contributed by atoms with Gasteiger partial charge in [0.15, 0.2) is 0 Å². The van der Waals surface area contributed by atoms with Gasteiger partial charge in [0, 0.05) is 26.6 Å². The van der Waals surface area contributed by atoms with E-state index in [-0.39, 0.29) is 12.5 Å². The summed E-state index contributed by atoms with van der Waals surface area (Å²) in [5, 5.41) is 2.64. The topological polar surface area (TPSA) is 128 Å². The molecule has 0 aliphatic heterocycles. The number of amides is 3. The number of ether oxygens (including phenoxy) is 1. The quantitative estimate of drug-likeness (QED) is 0.525. The molecule has 0 bridgehead atoms. The molecule has 0 aromatic carbocycles. The van der Waals surface area contributed by atoms with Crippen molar-refractivity contribution in [3.63, 3.8) is 0 Å². The highest BCUT2D eigenvalue weighted by Crippen LogP contribution is 2.10. The Morgan fingerprint density at radius 3 is 2.26 bits per heavy atom. The van der Waals surface area contributed by atoms with Crippen LogP contribution in [0.3, 0.4) is 0 Å². The molecule has 0 aliphatic rings. The van der Waals surface area contributed by atoms with E-state index in [2.05, 4.69) is 5.32 Å². The standard InChI is InChI=1S/C15H30N4O4/c1-11(20)19(10-8-16)12(13(17)21)7-5-6-9-18-14(22)23-15(2,3)4/h12H,5-10,16H2,1-4H3,(H2,17,21)(H,18,22)/t12-/m0/s1. The summed E-state index contributed by atoms with van der Waals surface area (Å²) in [5.74, 6) is -0.778. The molecule has 0 saturated heterocycles. The third kappa shape index (κ3) is 9.72. The van der Waals surface area contributed by atoms with Crippen molar-refractivity contribution in [2.45, 2.75) is 58.6 Å². The van der Waals surface area contributed by atoms with Crippen LogP contribution in [-0.2, 0) is 14.3 Å². The van der Waals surface area contributed by atoms with Crippen LogP contribution in [0.5, 0.6) is 0 Å². The number of primary amides is 1. The van der Waals surface area contributed by atoms with Gasteiger partial charge < -0.3 is 26.4 Å². The van der Waals surface area contributed by atoms with Gasteiger partial charge >= 0.3 is 6.09 Å². The van der Waals surface area contributed by atoms with Crippen molar-refractivity contribution in [3.05, 3.63) is 0 Å². The van der Waals surface area contributed by atoms with E-state index in [4.69, 9.17) is 16.2 Å². The summed E-state index contributed by atoms with van der Waals surface area (Å²) in [5.41, 5.74) is 10.3. The Kier molecular flexibility index (Phi) is 9.24. The Hall–Kier alpha value is -1.83. The summed E-state index contributed by atoms with van der Waals surface area (Å²) in [6, 6.07) is -0.669. The molecular formula is C15H30N4O4. The summed E-state index contributed by atoms with van der Waals surface area (Å²) in [7, 11) is 0. The summed E-state index contributed by atoms with van der Waals surface area (Å²) < 4.78 is 5.11. The number of rotatable bonds is 9. The van der Waals surface area contributed by atoms with Crippen molar-refractivity contribution in [3.8, 4) is 0 Å². The smallest absolute Gasteiger partial charge is 0.407 e. The summed E-state index contributed by atoms with van der Waals surface area (Å²) in [6.45, 7) is 7.74. The molecule has 0 heterocycles. The van der Waals surface area contributed by atoms with E-state index in [1.165, 1.54) is 11.8 Å². The largest absolute Gasteiger partial charge is 0.444 e. The van der Waals surface area contributed by atoms with E-state index in [0.29, 0.717) is 32.4 Å². The molecule has 0 aliphatic carbocycles. The summed E-state index contributed by atoms with van der Waals surface area (Å²) >= 11 is 0. The number of nitrogens with one attached hydrogen (secondary N) is 1. The third-order valence-corrected chi connectivity index (χ3v) is 3.05. The second kappa shape index (κ2) is 10.0. The lowest BCUT2D eigenvalue weighted by molar-refractivity contribution is -0.137. The average Bonchev–Trinajstić information content (AvgIpc) is 2.38. The van der Waals surface area contributed by atoms with Crippen molar-refractivity contribution in [1.29, 1.82) is 0 Å². The van der Waals surface area contributed by atoms with Gasteiger partial charge in [-0.15, -0.1) is 0 Å². The molecular weight excluding hydrogens is 300 g/mol. The molecule has 1 atom stereocenters. The van der Waals surface area contributed by atoms with Gasteiger partial charge in [-0.2, -0.15) is 0 Å². The molecule has 3 amide bonds. The molecule has 0 rings (SSSR count). The van der Waals surface area contributed by atoms with Gasteiger partial charge in [-0.3, -0.25) is 9.59 Å². The summed E-state index contributed by atoms with van der Waals surface area (Å²) in [6.07, 6.45) is 1.25. The first-order valence-corrected chi connectivity index (χ1v) is 7.82. The van der Waals surface area contributed by atoms with Crippen LogP contribution < -0.4 is 16.8 Å².